The van der Waals surface area contributed by atoms with Crippen LogP contribution in [0, 0.1) is 5.82 Å². The number of halogens is 2. The number of ether oxygens (including phenoxy) is 1. The molecule has 1 aliphatic carbocycles. The number of nitrogens with zero attached hydrogens (tertiary/aromatic N) is 1. The van der Waals surface area contributed by atoms with Gasteiger partial charge >= 0.3 is 0 Å². The summed E-state index contributed by atoms with van der Waals surface area (Å²) in [7, 11) is 0. The van der Waals surface area contributed by atoms with Crippen molar-refractivity contribution in [1.29, 1.82) is 0 Å². The Morgan fingerprint density at radius 1 is 1.39 bits per heavy atom. The molecule has 0 bridgehead atoms. The highest BCUT2D eigenvalue weighted by molar-refractivity contribution is 9.10. The van der Waals surface area contributed by atoms with Gasteiger partial charge in [-0.25, -0.2) is 9.38 Å². The van der Waals surface area contributed by atoms with Gasteiger partial charge in [0.1, 0.15) is 11.4 Å². The number of aliphatic imine (C=N–C) groups is 1. The van der Waals surface area contributed by atoms with Gasteiger partial charge in [-0.05, 0) is 44.0 Å². The summed E-state index contributed by atoms with van der Waals surface area (Å²) in [4.78, 5) is 4.09. The summed E-state index contributed by atoms with van der Waals surface area (Å²) >= 11 is 3.18. The van der Waals surface area contributed by atoms with Gasteiger partial charge < -0.3 is 10.5 Å². The summed E-state index contributed by atoms with van der Waals surface area (Å²) in [6, 6.07) is 6.88. The second-order valence-corrected chi connectivity index (χ2v) is 5.66. The number of nitrogens with two attached hydrogens (primary N) is 1. The molecule has 1 aliphatic heterocycles. The molecule has 1 heterocycles. The molecule has 1 spiro atoms. The molecular formula is C13H16BrFN2O. The first kappa shape index (κ1) is 13.3. The molecule has 1 aromatic carbocycles. The van der Waals surface area contributed by atoms with Crippen LogP contribution in [0.1, 0.15) is 26.2 Å². The van der Waals surface area contributed by atoms with Crippen molar-refractivity contribution in [3.8, 4) is 0 Å². The maximum absolute atomic E-state index is 12.1. The van der Waals surface area contributed by atoms with Crippen LogP contribution in [-0.2, 0) is 4.74 Å². The van der Waals surface area contributed by atoms with Crippen LogP contribution in [0.25, 0.3) is 0 Å². The zero-order valence-electron chi connectivity index (χ0n) is 10.2. The number of benzene rings is 1. The Labute approximate surface area is 114 Å². The van der Waals surface area contributed by atoms with E-state index >= 15 is 0 Å². The summed E-state index contributed by atoms with van der Waals surface area (Å²) in [5.41, 5.74) is 5.58. The molecule has 3 rings (SSSR count). The smallest absolute Gasteiger partial charge is 0.282 e. The molecule has 3 nitrogen and oxygen atoms in total. The summed E-state index contributed by atoms with van der Waals surface area (Å²) < 4.78 is 18.4. The van der Waals surface area contributed by atoms with Crippen molar-refractivity contribution in [3.63, 3.8) is 0 Å². The quantitative estimate of drug-likeness (QED) is 0.799. The minimum Gasteiger partial charge on any atom is -0.459 e. The largest absolute Gasteiger partial charge is 0.459 e. The molecule has 1 unspecified atom stereocenters. The van der Waals surface area contributed by atoms with Crippen LogP contribution in [0.15, 0.2) is 33.7 Å². The van der Waals surface area contributed by atoms with Crippen molar-refractivity contribution in [2.24, 2.45) is 10.7 Å². The summed E-state index contributed by atoms with van der Waals surface area (Å²) in [6.07, 6.45) is 3.37. The maximum atomic E-state index is 12.1. The third-order valence-corrected chi connectivity index (χ3v) is 3.48. The Bertz CT molecular complexity index is 422. The summed E-state index contributed by atoms with van der Waals surface area (Å²) in [5, 5.41) is 0. The predicted octanol–water partition coefficient (Wildman–Crippen LogP) is 3.23. The van der Waals surface area contributed by atoms with Gasteiger partial charge in [-0.3, -0.25) is 0 Å². The molecule has 1 saturated carbocycles. The molecule has 98 valence electrons. The summed E-state index contributed by atoms with van der Waals surface area (Å²) in [6.45, 7) is 2.08. The Balaban J connectivity index is 0.000000138. The van der Waals surface area contributed by atoms with Crippen molar-refractivity contribution in [1.82, 2.24) is 0 Å². The number of rotatable bonds is 0. The fourth-order valence-electron chi connectivity index (χ4n) is 1.97. The van der Waals surface area contributed by atoms with Gasteiger partial charge in [0.2, 0.25) is 0 Å². The molecule has 2 N–H and O–H groups in total. The molecule has 1 fully saturated rings. The third-order valence-electron chi connectivity index (χ3n) is 2.95. The molecule has 2 aliphatic rings. The zero-order chi connectivity index (χ0) is 13.2. The van der Waals surface area contributed by atoms with Crippen LogP contribution in [0.3, 0.4) is 0 Å². The van der Waals surface area contributed by atoms with Gasteiger partial charge in [0.15, 0.2) is 0 Å². The van der Waals surface area contributed by atoms with Gasteiger partial charge in [0, 0.05) is 10.9 Å². The normalized spacial score (nSPS) is 23.5. The number of hydrogen-bond donors (Lipinski definition) is 1. The van der Waals surface area contributed by atoms with E-state index in [0.29, 0.717) is 12.1 Å². The third kappa shape index (κ3) is 3.70. The van der Waals surface area contributed by atoms with E-state index in [2.05, 4.69) is 27.8 Å². The topological polar surface area (TPSA) is 47.6 Å². The van der Waals surface area contributed by atoms with Gasteiger partial charge in [0.05, 0.1) is 6.04 Å². The maximum Gasteiger partial charge on any atom is 0.282 e. The molecule has 5 heteroatoms. The van der Waals surface area contributed by atoms with E-state index in [1.165, 1.54) is 12.1 Å². The van der Waals surface area contributed by atoms with Crippen LogP contribution < -0.4 is 5.73 Å². The second kappa shape index (κ2) is 5.26. The fourth-order valence-corrected chi connectivity index (χ4v) is 2.23. The van der Waals surface area contributed by atoms with Crippen LogP contribution in [0.4, 0.5) is 4.39 Å². The van der Waals surface area contributed by atoms with Crippen molar-refractivity contribution in [2.75, 3.05) is 0 Å². The SMILES string of the molecule is CC1CC2(CC2)OC(N)=N1.Fc1ccc(Br)cc1. The van der Waals surface area contributed by atoms with Crippen molar-refractivity contribution in [3.05, 3.63) is 34.6 Å². The van der Waals surface area contributed by atoms with E-state index in [9.17, 15) is 4.39 Å². The van der Waals surface area contributed by atoms with E-state index in [4.69, 9.17) is 10.5 Å². The van der Waals surface area contributed by atoms with Crippen molar-refractivity contribution >= 4 is 22.0 Å². The monoisotopic (exact) mass is 314 g/mol. The average Bonchev–Trinajstić information content (AvgIpc) is 3.01. The highest BCUT2D eigenvalue weighted by Gasteiger charge is 2.48. The lowest BCUT2D eigenvalue weighted by molar-refractivity contribution is 0.126. The lowest BCUT2D eigenvalue weighted by atomic mass is 10.1. The van der Waals surface area contributed by atoms with E-state index < -0.39 is 0 Å². The average molecular weight is 315 g/mol. The van der Waals surface area contributed by atoms with Crippen LogP contribution in [-0.4, -0.2) is 17.7 Å². The Hall–Kier alpha value is -1.10. The van der Waals surface area contributed by atoms with Crippen molar-refractivity contribution in [2.45, 2.75) is 37.8 Å². The molecule has 1 aromatic rings. The predicted molar refractivity (Wildman–Crippen MR) is 72.9 cm³/mol. The van der Waals surface area contributed by atoms with E-state index in [1.807, 2.05) is 0 Å². The van der Waals surface area contributed by atoms with E-state index in [1.54, 1.807) is 12.1 Å². The molecule has 0 radical (unpaired) electrons. The fraction of sp³-hybridized carbons (Fsp3) is 0.462. The van der Waals surface area contributed by atoms with Gasteiger partial charge in [-0.1, -0.05) is 15.9 Å². The number of hydrogen-bond acceptors (Lipinski definition) is 3. The number of amidine groups is 1. The lowest BCUT2D eigenvalue weighted by Crippen LogP contribution is -2.34. The minimum absolute atomic E-state index is 0.116. The van der Waals surface area contributed by atoms with Crippen LogP contribution in [0.2, 0.25) is 0 Å². The highest BCUT2D eigenvalue weighted by atomic mass is 79.9. The zero-order valence-corrected chi connectivity index (χ0v) is 11.8. The lowest BCUT2D eigenvalue weighted by Gasteiger charge is -2.24. The standard InChI is InChI=1S/C7H12N2O.C6H4BrF/c1-5-4-7(2-3-7)10-6(8)9-5;7-5-1-3-6(8)4-2-5/h5H,2-4H2,1H3,(H2,8,9);1-4H. The first-order valence-electron chi connectivity index (χ1n) is 5.92. The summed E-state index contributed by atoms with van der Waals surface area (Å²) in [5.74, 6) is -0.201. The second-order valence-electron chi connectivity index (χ2n) is 4.74. The molecule has 18 heavy (non-hydrogen) atoms. The van der Waals surface area contributed by atoms with Crippen LogP contribution in [0.5, 0.6) is 0 Å². The minimum atomic E-state index is -0.201. The Morgan fingerprint density at radius 2 is 2.00 bits per heavy atom. The van der Waals surface area contributed by atoms with Gasteiger partial charge in [0.25, 0.3) is 6.02 Å². The highest BCUT2D eigenvalue weighted by Crippen LogP contribution is 2.45. The van der Waals surface area contributed by atoms with E-state index in [-0.39, 0.29) is 11.4 Å². The Kier molecular flexibility index (Phi) is 3.90. The first-order valence-corrected chi connectivity index (χ1v) is 6.72. The van der Waals surface area contributed by atoms with E-state index in [0.717, 1.165) is 23.7 Å². The van der Waals surface area contributed by atoms with Gasteiger partial charge in [-0.2, -0.15) is 0 Å². The molecule has 1 atom stereocenters. The van der Waals surface area contributed by atoms with Gasteiger partial charge in [-0.15, -0.1) is 0 Å². The molecular weight excluding hydrogens is 299 g/mol. The molecule has 0 saturated heterocycles. The van der Waals surface area contributed by atoms with Crippen molar-refractivity contribution < 1.29 is 9.13 Å². The first-order chi connectivity index (χ1) is 8.49. The molecule has 0 amide bonds. The van der Waals surface area contributed by atoms with Crippen LogP contribution >= 0.6 is 15.9 Å². The Morgan fingerprint density at radius 3 is 2.44 bits per heavy atom. The molecule has 0 aromatic heterocycles.